The maximum atomic E-state index is 3.82. The molecule has 2 nitrogen and oxygen atoms in total. The maximum Gasteiger partial charge on any atom is 0.0107 e. The molecule has 1 aliphatic rings. The predicted molar refractivity (Wildman–Crippen MR) is 81.0 cm³/mol. The second-order valence-corrected chi connectivity index (χ2v) is 6.49. The first kappa shape index (κ1) is 16.0. The average molecular weight is 254 g/mol. The monoisotopic (exact) mass is 254 g/mol. The van der Waals surface area contributed by atoms with Crippen LogP contribution in [-0.2, 0) is 0 Å². The lowest BCUT2D eigenvalue weighted by atomic mass is 9.78. The van der Waals surface area contributed by atoms with Crippen LogP contribution in [0.5, 0.6) is 0 Å². The van der Waals surface area contributed by atoms with E-state index in [1.165, 1.54) is 38.6 Å². The van der Waals surface area contributed by atoms with Crippen LogP contribution < -0.4 is 5.32 Å². The largest absolute Gasteiger partial charge is 0.312 e. The molecule has 108 valence electrons. The highest BCUT2D eigenvalue weighted by atomic mass is 15.1. The van der Waals surface area contributed by atoms with Crippen molar-refractivity contribution in [3.8, 4) is 0 Å². The Bertz CT molecular complexity index is 215. The van der Waals surface area contributed by atoms with Gasteiger partial charge in [0, 0.05) is 25.2 Å². The molecular weight excluding hydrogens is 220 g/mol. The van der Waals surface area contributed by atoms with Crippen LogP contribution in [0.1, 0.15) is 59.8 Å². The van der Waals surface area contributed by atoms with Gasteiger partial charge in [-0.2, -0.15) is 0 Å². The van der Waals surface area contributed by atoms with Crippen LogP contribution in [0.4, 0.5) is 0 Å². The first-order valence-corrected chi connectivity index (χ1v) is 7.99. The van der Waals surface area contributed by atoms with Gasteiger partial charge in [0.2, 0.25) is 0 Å². The van der Waals surface area contributed by atoms with Crippen molar-refractivity contribution in [2.24, 2.45) is 11.8 Å². The normalized spacial score (nSPS) is 26.8. The van der Waals surface area contributed by atoms with Gasteiger partial charge in [-0.05, 0) is 45.1 Å². The van der Waals surface area contributed by atoms with E-state index >= 15 is 0 Å². The molecule has 0 amide bonds. The number of nitrogens with zero attached hydrogens (tertiary/aromatic N) is 1. The van der Waals surface area contributed by atoms with Gasteiger partial charge < -0.3 is 10.2 Å². The van der Waals surface area contributed by atoms with Gasteiger partial charge in [-0.25, -0.2) is 0 Å². The van der Waals surface area contributed by atoms with Crippen molar-refractivity contribution in [3.05, 3.63) is 0 Å². The summed E-state index contributed by atoms with van der Waals surface area (Å²) in [7, 11) is 2.25. The molecule has 0 heterocycles. The van der Waals surface area contributed by atoms with Crippen molar-refractivity contribution >= 4 is 0 Å². The molecule has 0 aromatic rings. The van der Waals surface area contributed by atoms with Crippen molar-refractivity contribution in [1.82, 2.24) is 10.2 Å². The second-order valence-electron chi connectivity index (χ2n) is 6.49. The molecule has 0 spiro atoms. The molecule has 3 unspecified atom stereocenters. The molecule has 0 saturated heterocycles. The fourth-order valence-electron chi connectivity index (χ4n) is 3.17. The summed E-state index contributed by atoms with van der Waals surface area (Å²) in [6, 6.07) is 1.48. The van der Waals surface area contributed by atoms with E-state index in [2.05, 4.69) is 45.0 Å². The summed E-state index contributed by atoms with van der Waals surface area (Å²) in [4.78, 5) is 2.47. The van der Waals surface area contributed by atoms with Crippen molar-refractivity contribution in [3.63, 3.8) is 0 Å². The number of rotatable bonds is 7. The number of likely N-dealkylation sites (N-methyl/N-ethyl adjacent to an activating group) is 1. The molecular formula is C16H34N2. The molecule has 0 aromatic heterocycles. The molecule has 2 heteroatoms. The fourth-order valence-corrected chi connectivity index (χ4v) is 3.17. The highest BCUT2D eigenvalue weighted by Crippen LogP contribution is 2.29. The number of hydrogen-bond acceptors (Lipinski definition) is 2. The van der Waals surface area contributed by atoms with Crippen LogP contribution in [0.25, 0.3) is 0 Å². The Kier molecular flexibility index (Phi) is 7.25. The summed E-state index contributed by atoms with van der Waals surface area (Å²) in [6.45, 7) is 11.7. The molecule has 1 fully saturated rings. The Hall–Kier alpha value is -0.0800. The van der Waals surface area contributed by atoms with Gasteiger partial charge in [-0.1, -0.05) is 33.6 Å². The predicted octanol–water partition coefficient (Wildman–Crippen LogP) is 3.52. The summed E-state index contributed by atoms with van der Waals surface area (Å²) in [5.74, 6) is 1.72. The van der Waals surface area contributed by atoms with Crippen LogP contribution in [0, 0.1) is 11.8 Å². The quantitative estimate of drug-likeness (QED) is 0.748. The maximum absolute atomic E-state index is 3.82. The topological polar surface area (TPSA) is 15.3 Å². The average Bonchev–Trinajstić information content (AvgIpc) is 2.38. The van der Waals surface area contributed by atoms with E-state index < -0.39 is 0 Å². The third-order valence-electron chi connectivity index (χ3n) is 4.89. The van der Waals surface area contributed by atoms with Crippen LogP contribution in [0.15, 0.2) is 0 Å². The molecule has 0 radical (unpaired) electrons. The number of nitrogens with one attached hydrogen (secondary N) is 1. The lowest BCUT2D eigenvalue weighted by molar-refractivity contribution is 0.191. The lowest BCUT2D eigenvalue weighted by Gasteiger charge is -2.35. The van der Waals surface area contributed by atoms with E-state index in [1.807, 2.05) is 0 Å². The van der Waals surface area contributed by atoms with Gasteiger partial charge in [0.25, 0.3) is 0 Å². The molecule has 0 aromatic carbocycles. The molecule has 0 bridgehead atoms. The minimum atomic E-state index is 0.707. The lowest BCUT2D eigenvalue weighted by Crippen LogP contribution is -2.44. The van der Waals surface area contributed by atoms with Gasteiger partial charge in [-0.15, -0.1) is 0 Å². The van der Waals surface area contributed by atoms with E-state index in [1.54, 1.807) is 0 Å². The van der Waals surface area contributed by atoms with E-state index in [4.69, 9.17) is 0 Å². The minimum Gasteiger partial charge on any atom is -0.312 e. The summed E-state index contributed by atoms with van der Waals surface area (Å²) in [5, 5.41) is 3.82. The van der Waals surface area contributed by atoms with Gasteiger partial charge >= 0.3 is 0 Å². The standard InChI is InChI=1S/C16H34N2/c1-6-14(4)18(5)12-11-17-16-10-8-7-9-15(16)13(2)3/h13-17H,6-12H2,1-5H3. The molecule has 1 saturated carbocycles. The smallest absolute Gasteiger partial charge is 0.0107 e. The van der Waals surface area contributed by atoms with Crippen molar-refractivity contribution < 1.29 is 0 Å². The van der Waals surface area contributed by atoms with Crippen LogP contribution in [0.2, 0.25) is 0 Å². The zero-order valence-electron chi connectivity index (χ0n) is 13.2. The zero-order valence-corrected chi connectivity index (χ0v) is 13.2. The van der Waals surface area contributed by atoms with Gasteiger partial charge in [0.05, 0.1) is 0 Å². The summed E-state index contributed by atoms with van der Waals surface area (Å²) >= 11 is 0. The molecule has 1 N–H and O–H groups in total. The summed E-state index contributed by atoms with van der Waals surface area (Å²) < 4.78 is 0. The van der Waals surface area contributed by atoms with E-state index in [9.17, 15) is 0 Å². The van der Waals surface area contributed by atoms with Crippen molar-refractivity contribution in [2.75, 3.05) is 20.1 Å². The molecule has 1 rings (SSSR count). The first-order chi connectivity index (χ1) is 8.56. The Balaban J connectivity index is 2.28. The first-order valence-electron chi connectivity index (χ1n) is 7.99. The van der Waals surface area contributed by atoms with Crippen LogP contribution in [-0.4, -0.2) is 37.1 Å². The second kappa shape index (κ2) is 8.16. The van der Waals surface area contributed by atoms with Gasteiger partial charge in [0.15, 0.2) is 0 Å². The van der Waals surface area contributed by atoms with E-state index in [0.29, 0.717) is 6.04 Å². The third kappa shape index (κ3) is 4.89. The SMILES string of the molecule is CCC(C)N(C)CCNC1CCCCC1C(C)C. The Morgan fingerprint density at radius 1 is 1.17 bits per heavy atom. The molecule has 18 heavy (non-hydrogen) atoms. The zero-order chi connectivity index (χ0) is 13.5. The minimum absolute atomic E-state index is 0.707. The third-order valence-corrected chi connectivity index (χ3v) is 4.89. The van der Waals surface area contributed by atoms with Crippen LogP contribution >= 0.6 is 0 Å². The van der Waals surface area contributed by atoms with Crippen LogP contribution in [0.3, 0.4) is 0 Å². The summed E-state index contributed by atoms with van der Waals surface area (Å²) in [6.07, 6.45) is 6.91. The fraction of sp³-hybridized carbons (Fsp3) is 1.00. The molecule has 1 aliphatic carbocycles. The van der Waals surface area contributed by atoms with Crippen molar-refractivity contribution in [1.29, 1.82) is 0 Å². The highest BCUT2D eigenvalue weighted by molar-refractivity contribution is 4.83. The van der Waals surface area contributed by atoms with E-state index in [-0.39, 0.29) is 0 Å². The Morgan fingerprint density at radius 2 is 1.83 bits per heavy atom. The van der Waals surface area contributed by atoms with Crippen molar-refractivity contribution in [2.45, 2.75) is 71.9 Å². The summed E-state index contributed by atoms with van der Waals surface area (Å²) in [5.41, 5.74) is 0. The Labute approximate surface area is 115 Å². The number of hydrogen-bond donors (Lipinski definition) is 1. The van der Waals surface area contributed by atoms with E-state index in [0.717, 1.165) is 24.4 Å². The molecule has 0 aliphatic heterocycles. The Morgan fingerprint density at radius 3 is 2.44 bits per heavy atom. The highest BCUT2D eigenvalue weighted by Gasteiger charge is 2.26. The van der Waals surface area contributed by atoms with Gasteiger partial charge in [-0.3, -0.25) is 0 Å². The van der Waals surface area contributed by atoms with Gasteiger partial charge in [0.1, 0.15) is 0 Å². The molecule has 3 atom stereocenters.